The van der Waals surface area contributed by atoms with E-state index in [-0.39, 0.29) is 0 Å². The first kappa shape index (κ1) is 20.2. The Morgan fingerprint density at radius 1 is 0.912 bits per heavy atom. The van der Waals surface area contributed by atoms with Crippen molar-refractivity contribution >= 4 is 22.1 Å². The maximum Gasteiger partial charge on any atom is 0.138 e. The molecule has 6 heterocycles. The van der Waals surface area contributed by atoms with Crippen LogP contribution in [0.25, 0.3) is 55.8 Å². The third kappa shape index (κ3) is 3.60. The van der Waals surface area contributed by atoms with Crippen molar-refractivity contribution in [3.63, 3.8) is 0 Å². The first-order chi connectivity index (χ1) is 16.8. The largest absolute Gasteiger partial charge is 0.338 e. The summed E-state index contributed by atoms with van der Waals surface area (Å²) in [5.41, 5.74) is 9.22. The first-order valence-electron chi connectivity index (χ1n) is 11.2. The highest BCUT2D eigenvalue weighted by Crippen LogP contribution is 2.33. The van der Waals surface area contributed by atoms with E-state index in [9.17, 15) is 0 Å². The summed E-state index contributed by atoms with van der Waals surface area (Å²) in [6.45, 7) is 3.78. The molecule has 0 aliphatic heterocycles. The Morgan fingerprint density at radius 3 is 2.71 bits per heavy atom. The van der Waals surface area contributed by atoms with Gasteiger partial charge in [0.25, 0.3) is 0 Å². The molecule has 6 aromatic rings. The van der Waals surface area contributed by atoms with E-state index in [0.717, 1.165) is 74.5 Å². The number of aromatic nitrogens is 7. The fourth-order valence-corrected chi connectivity index (χ4v) is 4.18. The molecule has 0 saturated heterocycles. The van der Waals surface area contributed by atoms with Gasteiger partial charge in [-0.25, -0.2) is 9.97 Å². The summed E-state index contributed by atoms with van der Waals surface area (Å²) in [5.74, 6) is 0. The van der Waals surface area contributed by atoms with Gasteiger partial charge in [-0.2, -0.15) is 5.10 Å². The molecule has 0 radical (unpaired) electrons. The number of nitrogens with zero attached hydrogens (tertiary/aromatic N) is 5. The van der Waals surface area contributed by atoms with Gasteiger partial charge in [0.15, 0.2) is 0 Å². The summed E-state index contributed by atoms with van der Waals surface area (Å²) in [5, 5.41) is 12.0. The second kappa shape index (κ2) is 8.49. The van der Waals surface area contributed by atoms with Crippen LogP contribution in [0, 0.1) is 0 Å². The van der Waals surface area contributed by atoms with Gasteiger partial charge in [0, 0.05) is 48.5 Å². The molecule has 0 fully saturated rings. The number of fused-ring (bicyclic) bond motifs is 2. The quantitative estimate of drug-likeness (QED) is 0.341. The van der Waals surface area contributed by atoms with Crippen molar-refractivity contribution in [2.24, 2.45) is 0 Å². The number of pyridine rings is 4. The molecule has 34 heavy (non-hydrogen) atoms. The van der Waals surface area contributed by atoms with Crippen LogP contribution in [0.3, 0.4) is 0 Å². The van der Waals surface area contributed by atoms with E-state index >= 15 is 0 Å². The Hall–Kier alpha value is -4.43. The molecule has 8 nitrogen and oxygen atoms in total. The van der Waals surface area contributed by atoms with Crippen LogP contribution in [0.15, 0.2) is 73.4 Å². The molecule has 0 amide bonds. The van der Waals surface area contributed by atoms with Gasteiger partial charge in [-0.1, -0.05) is 6.92 Å². The molecule has 0 spiro atoms. The van der Waals surface area contributed by atoms with Crippen LogP contribution in [0.4, 0.5) is 0 Å². The van der Waals surface area contributed by atoms with Gasteiger partial charge in [-0.15, -0.1) is 0 Å². The highest BCUT2D eigenvalue weighted by Gasteiger charge is 2.16. The van der Waals surface area contributed by atoms with Crippen LogP contribution in [0.1, 0.15) is 12.5 Å². The van der Waals surface area contributed by atoms with Gasteiger partial charge < -0.3 is 10.3 Å². The fourth-order valence-electron chi connectivity index (χ4n) is 4.18. The van der Waals surface area contributed by atoms with E-state index < -0.39 is 0 Å². The zero-order chi connectivity index (χ0) is 22.9. The summed E-state index contributed by atoms with van der Waals surface area (Å²) < 4.78 is 0. The monoisotopic (exact) mass is 446 g/mol. The SMILES string of the molecule is CCNCc1cncc(-c2ccc3[nH]nc(-c4cc5c(-c6ccncc6)ccnc5[nH]4)c3n2)c1. The number of rotatable bonds is 6. The van der Waals surface area contributed by atoms with Crippen LogP contribution >= 0.6 is 0 Å². The average Bonchev–Trinajstić information content (AvgIpc) is 3.51. The minimum atomic E-state index is 0.757. The molecule has 0 bridgehead atoms. The van der Waals surface area contributed by atoms with Crippen LogP contribution in [-0.4, -0.2) is 41.7 Å². The molecule has 6 rings (SSSR count). The summed E-state index contributed by atoms with van der Waals surface area (Å²) in [4.78, 5) is 21.4. The molecule has 0 aromatic carbocycles. The van der Waals surface area contributed by atoms with Crippen LogP contribution < -0.4 is 5.32 Å². The number of hydrogen-bond donors (Lipinski definition) is 3. The van der Waals surface area contributed by atoms with Crippen molar-refractivity contribution < 1.29 is 0 Å². The maximum atomic E-state index is 4.95. The topological polar surface area (TPSA) is 108 Å². The van der Waals surface area contributed by atoms with Crippen molar-refractivity contribution in [1.29, 1.82) is 0 Å². The Kier molecular flexibility index (Phi) is 5.04. The van der Waals surface area contributed by atoms with Crippen LogP contribution in [0.2, 0.25) is 0 Å². The highest BCUT2D eigenvalue weighted by molar-refractivity contribution is 5.98. The lowest BCUT2D eigenvalue weighted by Gasteiger charge is -2.05. The lowest BCUT2D eigenvalue weighted by atomic mass is 10.1. The van der Waals surface area contributed by atoms with Crippen molar-refractivity contribution in [2.75, 3.05) is 6.54 Å². The fraction of sp³-hybridized carbons (Fsp3) is 0.115. The molecule has 3 N–H and O–H groups in total. The van der Waals surface area contributed by atoms with E-state index in [1.807, 2.05) is 48.9 Å². The van der Waals surface area contributed by atoms with E-state index in [1.54, 1.807) is 12.4 Å². The second-order valence-corrected chi connectivity index (χ2v) is 8.07. The van der Waals surface area contributed by atoms with Crippen molar-refractivity contribution in [1.82, 2.24) is 40.4 Å². The molecule has 6 aromatic heterocycles. The molecule has 0 aliphatic rings. The summed E-state index contributed by atoms with van der Waals surface area (Å²) in [7, 11) is 0. The van der Waals surface area contributed by atoms with Crippen molar-refractivity contribution in [3.05, 3.63) is 79.0 Å². The molecule has 0 unspecified atom stereocenters. The zero-order valence-electron chi connectivity index (χ0n) is 18.6. The molecular formula is C26H22N8. The lowest BCUT2D eigenvalue weighted by Crippen LogP contribution is -2.11. The predicted molar refractivity (Wildman–Crippen MR) is 133 cm³/mol. The van der Waals surface area contributed by atoms with Gasteiger partial charge in [0.2, 0.25) is 0 Å². The summed E-state index contributed by atoms with van der Waals surface area (Å²) >= 11 is 0. The smallest absolute Gasteiger partial charge is 0.138 e. The van der Waals surface area contributed by atoms with Gasteiger partial charge in [0.05, 0.1) is 16.9 Å². The van der Waals surface area contributed by atoms with E-state index in [4.69, 9.17) is 4.98 Å². The van der Waals surface area contributed by atoms with E-state index in [1.165, 1.54) is 0 Å². The highest BCUT2D eigenvalue weighted by atomic mass is 15.1. The number of hydrogen-bond acceptors (Lipinski definition) is 6. The van der Waals surface area contributed by atoms with Crippen molar-refractivity contribution in [2.45, 2.75) is 13.5 Å². The van der Waals surface area contributed by atoms with Gasteiger partial charge in [0.1, 0.15) is 16.9 Å². The average molecular weight is 447 g/mol. The minimum Gasteiger partial charge on any atom is -0.338 e. The third-order valence-electron chi connectivity index (χ3n) is 5.86. The predicted octanol–water partition coefficient (Wildman–Crippen LogP) is 4.73. The first-order valence-corrected chi connectivity index (χ1v) is 11.2. The standard InChI is InChI=1S/C26H22N8/c1-2-27-13-16-11-18(15-29-14-16)21-3-4-22-24(31-21)25(34-33-22)23-12-20-19(7-10-30-26(20)32-23)17-5-8-28-9-6-17/h3-12,14-15,27H,2,13H2,1H3,(H,30,32)(H,33,34). The number of aromatic amines is 2. The van der Waals surface area contributed by atoms with Gasteiger partial charge in [-0.05, 0) is 65.7 Å². The molecule has 8 heteroatoms. The zero-order valence-corrected chi connectivity index (χ0v) is 18.6. The van der Waals surface area contributed by atoms with Gasteiger partial charge in [-0.3, -0.25) is 15.1 Å². The number of H-pyrrole nitrogens is 2. The Labute approximate surface area is 195 Å². The van der Waals surface area contributed by atoms with Crippen LogP contribution in [0.5, 0.6) is 0 Å². The van der Waals surface area contributed by atoms with Crippen molar-refractivity contribution in [3.8, 4) is 33.8 Å². The normalized spacial score (nSPS) is 11.4. The minimum absolute atomic E-state index is 0.757. The molecule has 166 valence electrons. The van der Waals surface area contributed by atoms with E-state index in [2.05, 4.69) is 54.5 Å². The lowest BCUT2D eigenvalue weighted by molar-refractivity contribution is 0.724. The van der Waals surface area contributed by atoms with Crippen LogP contribution in [-0.2, 0) is 6.54 Å². The molecule has 0 saturated carbocycles. The summed E-state index contributed by atoms with van der Waals surface area (Å²) in [6, 6.07) is 14.2. The van der Waals surface area contributed by atoms with Gasteiger partial charge >= 0.3 is 0 Å². The molecule has 0 atom stereocenters. The Balaban J connectivity index is 1.44. The summed E-state index contributed by atoms with van der Waals surface area (Å²) in [6.07, 6.45) is 9.13. The Bertz CT molecular complexity index is 1600. The molecular weight excluding hydrogens is 424 g/mol. The van der Waals surface area contributed by atoms with E-state index in [0.29, 0.717) is 0 Å². The Morgan fingerprint density at radius 2 is 1.82 bits per heavy atom. The third-order valence-corrected chi connectivity index (χ3v) is 5.86. The second-order valence-electron chi connectivity index (χ2n) is 8.07. The number of nitrogens with one attached hydrogen (secondary N) is 3. The molecule has 0 aliphatic carbocycles. The maximum absolute atomic E-state index is 4.95.